The zero-order chi connectivity index (χ0) is 23.6. The third-order valence-corrected chi connectivity index (χ3v) is 4.79. The first-order valence-corrected chi connectivity index (χ1v) is 9.73. The lowest BCUT2D eigenvalue weighted by Gasteiger charge is -2.36. The summed E-state index contributed by atoms with van der Waals surface area (Å²) in [5.74, 6) is -4.10. The van der Waals surface area contributed by atoms with Gasteiger partial charge in [-0.25, -0.2) is 14.0 Å². The van der Waals surface area contributed by atoms with Crippen molar-refractivity contribution in [2.75, 3.05) is 18.4 Å². The van der Waals surface area contributed by atoms with Gasteiger partial charge in [-0.2, -0.15) is 0 Å². The van der Waals surface area contributed by atoms with Gasteiger partial charge in [-0.3, -0.25) is 0 Å². The summed E-state index contributed by atoms with van der Waals surface area (Å²) in [6.07, 6.45) is -4.53. The molecule has 1 amide bonds. The molecule has 1 atom stereocenters. The lowest BCUT2D eigenvalue weighted by Crippen LogP contribution is -2.44. The highest BCUT2D eigenvalue weighted by Crippen LogP contribution is 2.36. The second-order valence-corrected chi connectivity index (χ2v) is 8.43. The fraction of sp³-hybridized carbons (Fsp3) is 0.600. The second kappa shape index (κ2) is 9.19. The lowest BCUT2D eigenvalue weighted by molar-refractivity contribution is -0.275. The molecule has 1 fully saturated rings. The van der Waals surface area contributed by atoms with Crippen molar-refractivity contribution in [2.45, 2.75) is 58.5 Å². The van der Waals surface area contributed by atoms with Crippen LogP contribution in [0.15, 0.2) is 12.1 Å². The molecule has 0 radical (unpaired) electrons. The first-order valence-electron chi connectivity index (χ1n) is 9.73. The highest BCUT2D eigenvalue weighted by Gasteiger charge is 2.35. The van der Waals surface area contributed by atoms with Gasteiger partial charge in [0.15, 0.2) is 11.6 Å². The number of carbonyl (C=O) groups excluding carboxylic acids is 1. The molecule has 1 heterocycles. The Morgan fingerprint density at radius 1 is 1.19 bits per heavy atom. The quantitative estimate of drug-likeness (QED) is 0.623. The van der Waals surface area contributed by atoms with E-state index in [9.17, 15) is 27.2 Å². The molecule has 0 aliphatic carbocycles. The van der Waals surface area contributed by atoms with E-state index >= 15 is 0 Å². The van der Waals surface area contributed by atoms with E-state index in [4.69, 9.17) is 9.84 Å². The van der Waals surface area contributed by atoms with Crippen LogP contribution in [-0.4, -0.2) is 53.2 Å². The van der Waals surface area contributed by atoms with Gasteiger partial charge in [-0.15, -0.1) is 13.2 Å². The van der Waals surface area contributed by atoms with E-state index in [1.165, 1.54) is 0 Å². The first-order chi connectivity index (χ1) is 14.2. The Morgan fingerprint density at radius 3 is 2.26 bits per heavy atom. The number of ether oxygens (including phenoxy) is 2. The van der Waals surface area contributed by atoms with Crippen LogP contribution >= 0.6 is 0 Å². The summed E-state index contributed by atoms with van der Waals surface area (Å²) in [6, 6.07) is 0.928. The maximum Gasteiger partial charge on any atom is 0.573 e. The van der Waals surface area contributed by atoms with Crippen LogP contribution in [0.2, 0.25) is 0 Å². The van der Waals surface area contributed by atoms with Crippen molar-refractivity contribution >= 4 is 17.7 Å². The number of rotatable bonds is 5. The Kier molecular flexibility index (Phi) is 7.28. The molecule has 0 unspecified atom stereocenters. The second-order valence-electron chi connectivity index (χ2n) is 8.43. The normalized spacial score (nSPS) is 16.6. The van der Waals surface area contributed by atoms with Gasteiger partial charge in [-0.05, 0) is 58.6 Å². The molecule has 1 aromatic carbocycles. The molecule has 0 saturated carbocycles. The summed E-state index contributed by atoms with van der Waals surface area (Å²) in [5.41, 5.74) is -1.55. The maximum absolute atomic E-state index is 14.2. The van der Waals surface area contributed by atoms with E-state index < -0.39 is 52.9 Å². The summed E-state index contributed by atoms with van der Waals surface area (Å²) in [6.45, 7) is 7.75. The smallest absolute Gasteiger partial charge is 0.478 e. The number of benzene rings is 1. The number of carboxylic acids is 1. The van der Waals surface area contributed by atoms with Gasteiger partial charge in [-0.1, -0.05) is 0 Å². The Balaban J connectivity index is 2.12. The number of hydrogen-bond donors (Lipinski definition) is 2. The van der Waals surface area contributed by atoms with Gasteiger partial charge in [0.05, 0.1) is 11.3 Å². The molecule has 2 rings (SSSR count). The number of carbonyl (C=O) groups is 2. The topological polar surface area (TPSA) is 88.1 Å². The predicted molar refractivity (Wildman–Crippen MR) is 104 cm³/mol. The van der Waals surface area contributed by atoms with Gasteiger partial charge in [0, 0.05) is 19.1 Å². The van der Waals surface area contributed by atoms with Gasteiger partial charge in [0.1, 0.15) is 5.60 Å². The number of likely N-dealkylation sites (tertiary alicyclic amines) is 1. The lowest BCUT2D eigenvalue weighted by atomic mass is 9.90. The van der Waals surface area contributed by atoms with E-state index in [0.717, 1.165) is 6.07 Å². The van der Waals surface area contributed by atoms with Crippen molar-refractivity contribution in [3.05, 3.63) is 23.5 Å². The van der Waals surface area contributed by atoms with Crippen molar-refractivity contribution < 1.29 is 41.7 Å². The number of nitrogens with zero attached hydrogens (tertiary/aromatic N) is 1. The summed E-state index contributed by atoms with van der Waals surface area (Å²) >= 11 is 0. The maximum atomic E-state index is 14.2. The average Bonchev–Trinajstić information content (AvgIpc) is 2.62. The van der Waals surface area contributed by atoms with Crippen LogP contribution in [0.25, 0.3) is 0 Å². The van der Waals surface area contributed by atoms with Gasteiger partial charge in [0.25, 0.3) is 0 Å². The third-order valence-electron chi connectivity index (χ3n) is 4.79. The summed E-state index contributed by atoms with van der Waals surface area (Å²) < 4.78 is 61.4. The van der Waals surface area contributed by atoms with Crippen LogP contribution in [0.5, 0.6) is 5.75 Å². The number of piperidine rings is 1. The molecule has 1 aromatic rings. The molecule has 174 valence electrons. The molecule has 11 heteroatoms. The molecule has 0 aromatic heterocycles. The van der Waals surface area contributed by atoms with Crippen molar-refractivity contribution in [1.82, 2.24) is 4.90 Å². The van der Waals surface area contributed by atoms with E-state index in [0.29, 0.717) is 32.0 Å². The Hall–Kier alpha value is -2.72. The third kappa shape index (κ3) is 7.18. The van der Waals surface area contributed by atoms with E-state index in [1.807, 2.05) is 0 Å². The number of hydrogen-bond acceptors (Lipinski definition) is 5. The van der Waals surface area contributed by atoms with E-state index in [2.05, 4.69) is 10.1 Å². The number of carboxylic acid groups (broad SMARTS) is 1. The number of aromatic carboxylic acids is 1. The largest absolute Gasteiger partial charge is 0.573 e. The number of halogens is 4. The highest BCUT2D eigenvalue weighted by molar-refractivity contribution is 5.89. The molecule has 1 aliphatic rings. The minimum Gasteiger partial charge on any atom is -0.478 e. The summed E-state index contributed by atoms with van der Waals surface area (Å²) in [7, 11) is 0. The van der Waals surface area contributed by atoms with E-state index in [-0.39, 0.29) is 5.92 Å². The monoisotopic (exact) mass is 450 g/mol. The van der Waals surface area contributed by atoms with Crippen LogP contribution in [-0.2, 0) is 4.74 Å². The highest BCUT2D eigenvalue weighted by atomic mass is 19.4. The van der Waals surface area contributed by atoms with Crippen LogP contribution in [0.1, 0.15) is 50.9 Å². The van der Waals surface area contributed by atoms with Crippen molar-refractivity contribution in [2.24, 2.45) is 5.92 Å². The van der Waals surface area contributed by atoms with Gasteiger partial charge < -0.3 is 24.8 Å². The molecule has 0 bridgehead atoms. The van der Waals surface area contributed by atoms with Crippen LogP contribution < -0.4 is 10.1 Å². The number of anilines is 1. The van der Waals surface area contributed by atoms with Gasteiger partial charge in [0.2, 0.25) is 0 Å². The van der Waals surface area contributed by atoms with Crippen molar-refractivity contribution in [3.63, 3.8) is 0 Å². The molecule has 2 N–H and O–H groups in total. The molecular formula is C20H26F4N2O5. The average molecular weight is 450 g/mol. The number of amides is 1. The zero-order valence-electron chi connectivity index (χ0n) is 17.7. The Labute approximate surface area is 177 Å². The molecule has 31 heavy (non-hydrogen) atoms. The van der Waals surface area contributed by atoms with Crippen LogP contribution in [0.3, 0.4) is 0 Å². The summed E-state index contributed by atoms with van der Waals surface area (Å²) in [5, 5.41) is 11.9. The fourth-order valence-corrected chi connectivity index (χ4v) is 3.32. The minimum atomic E-state index is -5.15. The predicted octanol–water partition coefficient (Wildman–Crippen LogP) is 4.87. The van der Waals surface area contributed by atoms with E-state index in [1.54, 1.807) is 32.6 Å². The molecule has 7 nitrogen and oxygen atoms in total. The Bertz CT molecular complexity index is 815. The molecule has 1 aliphatic heterocycles. The SMILES string of the molecule is C[C@H](Nc1cc(C(=O)O)cc(F)c1OC(F)(F)F)C1CCN(C(=O)OC(C)(C)C)CC1. The standard InChI is InChI=1S/C20H26F4N2O5/c1-11(12-5-7-26(8-6-12)18(29)31-19(2,3)4)25-15-10-13(17(27)28)9-14(21)16(15)30-20(22,23)24/h9-12,25H,5-8H2,1-4H3,(H,27,28)/t11-/m0/s1. The fourth-order valence-electron chi connectivity index (χ4n) is 3.32. The van der Waals surface area contributed by atoms with Crippen molar-refractivity contribution in [3.8, 4) is 5.75 Å². The molecular weight excluding hydrogens is 424 g/mol. The summed E-state index contributed by atoms with van der Waals surface area (Å²) in [4.78, 5) is 24.9. The van der Waals surface area contributed by atoms with Crippen LogP contribution in [0, 0.1) is 11.7 Å². The van der Waals surface area contributed by atoms with Crippen LogP contribution in [0.4, 0.5) is 28.0 Å². The van der Waals surface area contributed by atoms with Gasteiger partial charge >= 0.3 is 18.4 Å². The minimum absolute atomic E-state index is 0.0611. The molecule has 0 spiro atoms. The van der Waals surface area contributed by atoms with Crippen molar-refractivity contribution in [1.29, 1.82) is 0 Å². The number of nitrogens with one attached hydrogen (secondary N) is 1. The number of alkyl halides is 3. The Morgan fingerprint density at radius 2 is 1.77 bits per heavy atom. The zero-order valence-corrected chi connectivity index (χ0v) is 17.7. The first kappa shape index (κ1) is 24.5. The molecule has 1 saturated heterocycles.